The van der Waals surface area contributed by atoms with Gasteiger partial charge < -0.3 is 4.79 Å². The standard InChI is InChI=1S/C10H16O/c1-10-4-2-8(7-10)6-9(10)3-5-11/h5,8-9H,2-4,6-7H2,1H3/t8-,9?,10-/m0/s1. The molecule has 62 valence electrons. The van der Waals surface area contributed by atoms with Crippen LogP contribution >= 0.6 is 0 Å². The number of fused-ring (bicyclic) bond motifs is 2. The van der Waals surface area contributed by atoms with Crippen LogP contribution in [0.2, 0.25) is 0 Å². The van der Waals surface area contributed by atoms with Crippen LogP contribution in [-0.2, 0) is 4.79 Å². The summed E-state index contributed by atoms with van der Waals surface area (Å²) in [7, 11) is 0. The summed E-state index contributed by atoms with van der Waals surface area (Å²) < 4.78 is 0. The molecule has 2 aliphatic carbocycles. The van der Waals surface area contributed by atoms with Gasteiger partial charge in [0.2, 0.25) is 0 Å². The molecule has 1 unspecified atom stereocenters. The van der Waals surface area contributed by atoms with Crippen molar-refractivity contribution in [3.05, 3.63) is 0 Å². The van der Waals surface area contributed by atoms with E-state index in [1.807, 2.05) is 0 Å². The van der Waals surface area contributed by atoms with E-state index in [9.17, 15) is 4.79 Å². The monoisotopic (exact) mass is 152 g/mol. The third kappa shape index (κ3) is 1.02. The highest BCUT2D eigenvalue weighted by atomic mass is 16.1. The first-order chi connectivity index (χ1) is 5.24. The van der Waals surface area contributed by atoms with Gasteiger partial charge in [-0.15, -0.1) is 0 Å². The summed E-state index contributed by atoms with van der Waals surface area (Å²) >= 11 is 0. The van der Waals surface area contributed by atoms with Gasteiger partial charge in [-0.2, -0.15) is 0 Å². The molecule has 2 saturated carbocycles. The Labute approximate surface area is 68.2 Å². The molecular weight excluding hydrogens is 136 g/mol. The molecule has 0 radical (unpaired) electrons. The highest BCUT2D eigenvalue weighted by molar-refractivity contribution is 5.50. The van der Waals surface area contributed by atoms with Gasteiger partial charge in [-0.1, -0.05) is 6.92 Å². The zero-order chi connectivity index (χ0) is 7.90. The maximum atomic E-state index is 10.4. The number of carbonyl (C=O) groups excluding carboxylic acids is 1. The van der Waals surface area contributed by atoms with Gasteiger partial charge in [-0.25, -0.2) is 0 Å². The van der Waals surface area contributed by atoms with Crippen molar-refractivity contribution in [1.82, 2.24) is 0 Å². The largest absolute Gasteiger partial charge is 0.303 e. The van der Waals surface area contributed by atoms with E-state index in [4.69, 9.17) is 0 Å². The second kappa shape index (κ2) is 2.33. The topological polar surface area (TPSA) is 17.1 Å². The second-order valence-corrected chi connectivity index (χ2v) is 4.60. The third-order valence-corrected chi connectivity index (χ3v) is 3.86. The van der Waals surface area contributed by atoms with Crippen molar-refractivity contribution >= 4 is 6.29 Å². The fourth-order valence-electron chi connectivity index (χ4n) is 3.15. The highest BCUT2D eigenvalue weighted by Crippen LogP contribution is 2.58. The Morgan fingerprint density at radius 2 is 2.45 bits per heavy atom. The molecule has 2 rings (SSSR count). The molecule has 11 heavy (non-hydrogen) atoms. The van der Waals surface area contributed by atoms with Crippen molar-refractivity contribution in [3.63, 3.8) is 0 Å². The van der Waals surface area contributed by atoms with E-state index in [0.29, 0.717) is 5.41 Å². The minimum atomic E-state index is 0.547. The van der Waals surface area contributed by atoms with Crippen LogP contribution in [0.25, 0.3) is 0 Å². The molecule has 0 N–H and O–H groups in total. The molecule has 2 aliphatic rings. The zero-order valence-corrected chi connectivity index (χ0v) is 7.18. The Hall–Kier alpha value is -0.330. The summed E-state index contributed by atoms with van der Waals surface area (Å²) in [6, 6.07) is 0. The number of carbonyl (C=O) groups is 1. The molecule has 0 heterocycles. The van der Waals surface area contributed by atoms with Crippen molar-refractivity contribution in [2.75, 3.05) is 0 Å². The molecule has 0 aliphatic heterocycles. The molecule has 2 fully saturated rings. The van der Waals surface area contributed by atoms with Crippen molar-refractivity contribution in [2.24, 2.45) is 17.3 Å². The zero-order valence-electron chi connectivity index (χ0n) is 7.18. The summed E-state index contributed by atoms with van der Waals surface area (Å²) in [5.74, 6) is 1.68. The Balaban J connectivity index is 2.08. The van der Waals surface area contributed by atoms with E-state index in [1.54, 1.807) is 0 Å². The average Bonchev–Trinajstić information content (AvgIpc) is 2.44. The van der Waals surface area contributed by atoms with Crippen molar-refractivity contribution < 1.29 is 4.79 Å². The Morgan fingerprint density at radius 3 is 2.91 bits per heavy atom. The highest BCUT2D eigenvalue weighted by Gasteiger charge is 2.47. The van der Waals surface area contributed by atoms with Crippen LogP contribution < -0.4 is 0 Å². The number of rotatable bonds is 2. The molecule has 1 nitrogen and oxygen atoms in total. The van der Waals surface area contributed by atoms with Gasteiger partial charge in [-0.05, 0) is 42.9 Å². The fraction of sp³-hybridized carbons (Fsp3) is 0.900. The molecule has 0 spiro atoms. The molecule has 0 amide bonds. The van der Waals surface area contributed by atoms with Crippen LogP contribution in [0.4, 0.5) is 0 Å². The third-order valence-electron chi connectivity index (χ3n) is 3.86. The molecule has 0 saturated heterocycles. The molecule has 1 heteroatoms. The summed E-state index contributed by atoms with van der Waals surface area (Å²) in [4.78, 5) is 10.4. The van der Waals surface area contributed by atoms with Crippen LogP contribution in [-0.4, -0.2) is 6.29 Å². The van der Waals surface area contributed by atoms with Gasteiger partial charge in [0.25, 0.3) is 0 Å². The SMILES string of the molecule is C[C@@]12CC[C@@H](CC1CC=O)C2. The normalized spacial score (nSPS) is 48.1. The van der Waals surface area contributed by atoms with E-state index < -0.39 is 0 Å². The lowest BCUT2D eigenvalue weighted by atomic mass is 9.75. The molecule has 3 atom stereocenters. The lowest BCUT2D eigenvalue weighted by Crippen LogP contribution is -2.21. The predicted molar refractivity (Wildman–Crippen MR) is 44.2 cm³/mol. The second-order valence-electron chi connectivity index (χ2n) is 4.60. The maximum Gasteiger partial charge on any atom is 0.120 e. The summed E-state index contributed by atoms with van der Waals surface area (Å²) in [6.07, 6.45) is 7.44. The molecular formula is C10H16O. The van der Waals surface area contributed by atoms with Gasteiger partial charge >= 0.3 is 0 Å². The molecule has 2 bridgehead atoms. The summed E-state index contributed by atoms with van der Waals surface area (Å²) in [6.45, 7) is 2.37. The number of hydrogen-bond donors (Lipinski definition) is 0. The molecule has 0 aromatic carbocycles. The van der Waals surface area contributed by atoms with Crippen LogP contribution in [0.3, 0.4) is 0 Å². The van der Waals surface area contributed by atoms with E-state index in [2.05, 4.69) is 6.92 Å². The van der Waals surface area contributed by atoms with E-state index in [-0.39, 0.29) is 0 Å². The van der Waals surface area contributed by atoms with Crippen LogP contribution in [0, 0.1) is 17.3 Å². The van der Waals surface area contributed by atoms with Gasteiger partial charge in [0.05, 0.1) is 0 Å². The number of aldehydes is 1. The first kappa shape index (κ1) is 7.33. The fourth-order valence-corrected chi connectivity index (χ4v) is 3.15. The Kier molecular flexibility index (Phi) is 1.55. The number of hydrogen-bond acceptors (Lipinski definition) is 1. The Morgan fingerprint density at radius 1 is 1.64 bits per heavy atom. The van der Waals surface area contributed by atoms with Gasteiger partial charge in [0.1, 0.15) is 6.29 Å². The van der Waals surface area contributed by atoms with Crippen LogP contribution in [0.1, 0.15) is 39.0 Å². The lowest BCUT2D eigenvalue weighted by Gasteiger charge is -2.29. The summed E-state index contributed by atoms with van der Waals surface area (Å²) in [5, 5.41) is 0. The first-order valence-corrected chi connectivity index (χ1v) is 4.68. The van der Waals surface area contributed by atoms with Gasteiger partial charge in [0.15, 0.2) is 0 Å². The van der Waals surface area contributed by atoms with Gasteiger partial charge in [0, 0.05) is 6.42 Å². The first-order valence-electron chi connectivity index (χ1n) is 4.68. The molecule has 0 aromatic rings. The van der Waals surface area contributed by atoms with E-state index in [1.165, 1.54) is 25.7 Å². The minimum absolute atomic E-state index is 0.547. The van der Waals surface area contributed by atoms with E-state index >= 15 is 0 Å². The smallest absolute Gasteiger partial charge is 0.120 e. The van der Waals surface area contributed by atoms with Crippen molar-refractivity contribution in [1.29, 1.82) is 0 Å². The summed E-state index contributed by atoms with van der Waals surface area (Å²) in [5.41, 5.74) is 0.547. The Bertz CT molecular complexity index is 176. The average molecular weight is 152 g/mol. The van der Waals surface area contributed by atoms with Gasteiger partial charge in [-0.3, -0.25) is 0 Å². The van der Waals surface area contributed by atoms with Crippen LogP contribution in [0.5, 0.6) is 0 Å². The predicted octanol–water partition coefficient (Wildman–Crippen LogP) is 2.40. The van der Waals surface area contributed by atoms with Crippen molar-refractivity contribution in [2.45, 2.75) is 39.0 Å². The van der Waals surface area contributed by atoms with Crippen molar-refractivity contribution in [3.8, 4) is 0 Å². The minimum Gasteiger partial charge on any atom is -0.303 e. The van der Waals surface area contributed by atoms with Crippen LogP contribution in [0.15, 0.2) is 0 Å². The maximum absolute atomic E-state index is 10.4. The quantitative estimate of drug-likeness (QED) is 0.555. The van der Waals surface area contributed by atoms with E-state index in [0.717, 1.165) is 24.5 Å². The molecule has 0 aromatic heterocycles. The lowest BCUT2D eigenvalue weighted by molar-refractivity contribution is -0.109.